The van der Waals surface area contributed by atoms with Crippen LogP contribution >= 0.6 is 0 Å². The minimum absolute atomic E-state index is 0.0914. The van der Waals surface area contributed by atoms with Gasteiger partial charge in [0.1, 0.15) is 23.1 Å². The second kappa shape index (κ2) is 10.4. The van der Waals surface area contributed by atoms with Gasteiger partial charge in [0.05, 0.1) is 11.9 Å². The zero-order valence-electron chi connectivity index (χ0n) is 18.9. The number of ether oxygens (including phenoxy) is 3. The summed E-state index contributed by atoms with van der Waals surface area (Å²) >= 11 is 0. The lowest BCUT2D eigenvalue weighted by Crippen LogP contribution is -2.45. The third-order valence-electron chi connectivity index (χ3n) is 4.03. The van der Waals surface area contributed by atoms with Crippen molar-refractivity contribution in [3.8, 4) is 17.4 Å². The number of aromatic nitrogens is 1. The maximum atomic E-state index is 12.5. The molecule has 0 spiro atoms. The van der Waals surface area contributed by atoms with Gasteiger partial charge in [0.15, 0.2) is 0 Å². The largest absolute Gasteiger partial charge is 0.573 e. The Morgan fingerprint density at radius 1 is 1.12 bits per heavy atom. The van der Waals surface area contributed by atoms with Gasteiger partial charge in [-0.3, -0.25) is 4.79 Å². The average Bonchev–Trinajstić information content (AvgIpc) is 2.67. The predicted molar refractivity (Wildman–Crippen MR) is 114 cm³/mol. The molecular formula is C22H26F3N3O5. The number of anilines is 1. The maximum absolute atomic E-state index is 12.5. The van der Waals surface area contributed by atoms with Gasteiger partial charge < -0.3 is 24.8 Å². The number of pyridine rings is 1. The highest BCUT2D eigenvalue weighted by Gasteiger charge is 2.32. The first-order chi connectivity index (χ1) is 15.3. The van der Waals surface area contributed by atoms with E-state index in [1.54, 1.807) is 27.7 Å². The number of aryl methyl sites for hydroxylation is 1. The van der Waals surface area contributed by atoms with Crippen LogP contribution in [0.25, 0.3) is 0 Å². The maximum Gasteiger partial charge on any atom is 0.573 e. The number of carbonyl (C=O) groups is 2. The van der Waals surface area contributed by atoms with E-state index in [4.69, 9.17) is 9.47 Å². The van der Waals surface area contributed by atoms with Crippen LogP contribution in [0.3, 0.4) is 0 Å². The first-order valence-corrected chi connectivity index (χ1v) is 10.1. The summed E-state index contributed by atoms with van der Waals surface area (Å²) in [6.45, 7) is 8.34. The lowest BCUT2D eigenvalue weighted by molar-refractivity contribution is -0.274. The van der Waals surface area contributed by atoms with E-state index < -0.39 is 30.0 Å². The molecule has 11 heteroatoms. The van der Waals surface area contributed by atoms with Crippen LogP contribution in [0.5, 0.6) is 17.4 Å². The Morgan fingerprint density at radius 3 is 2.36 bits per heavy atom. The smallest absolute Gasteiger partial charge is 0.444 e. The molecule has 0 saturated carbocycles. The van der Waals surface area contributed by atoms with Crippen molar-refractivity contribution in [3.63, 3.8) is 0 Å². The van der Waals surface area contributed by atoms with Crippen molar-refractivity contribution >= 4 is 17.7 Å². The lowest BCUT2D eigenvalue weighted by atomic mass is 10.2. The first kappa shape index (κ1) is 25.8. The minimum Gasteiger partial charge on any atom is -0.444 e. The topological polar surface area (TPSA) is 98.8 Å². The normalized spacial score (nSPS) is 12.5. The summed E-state index contributed by atoms with van der Waals surface area (Å²) in [6.07, 6.45) is -3.89. The first-order valence-electron chi connectivity index (χ1n) is 10.1. The molecule has 1 aromatic heterocycles. The molecule has 2 rings (SSSR count). The van der Waals surface area contributed by atoms with Crippen LogP contribution in [0.15, 0.2) is 36.5 Å². The molecule has 8 nitrogen and oxygen atoms in total. The Hall–Kier alpha value is -3.50. The molecule has 2 aromatic rings. The number of carbonyl (C=O) groups excluding carboxylic acids is 2. The number of benzene rings is 1. The molecule has 0 bridgehead atoms. The van der Waals surface area contributed by atoms with E-state index in [2.05, 4.69) is 20.4 Å². The van der Waals surface area contributed by atoms with Crippen LogP contribution < -0.4 is 20.1 Å². The van der Waals surface area contributed by atoms with Gasteiger partial charge in [-0.2, -0.15) is 0 Å². The molecule has 0 radical (unpaired) electrons. The third kappa shape index (κ3) is 8.87. The Balaban J connectivity index is 2.00. The van der Waals surface area contributed by atoms with Gasteiger partial charge in [-0.1, -0.05) is 13.0 Å². The molecule has 0 saturated heterocycles. The molecule has 1 heterocycles. The van der Waals surface area contributed by atoms with Crippen LogP contribution in [0.1, 0.15) is 39.7 Å². The van der Waals surface area contributed by atoms with Crippen molar-refractivity contribution in [1.82, 2.24) is 10.3 Å². The van der Waals surface area contributed by atoms with Crippen molar-refractivity contribution in [2.75, 3.05) is 5.32 Å². The van der Waals surface area contributed by atoms with Crippen LogP contribution in [0.4, 0.5) is 23.7 Å². The monoisotopic (exact) mass is 469 g/mol. The van der Waals surface area contributed by atoms with Gasteiger partial charge in [0.2, 0.25) is 11.8 Å². The van der Waals surface area contributed by atoms with Gasteiger partial charge >= 0.3 is 12.5 Å². The van der Waals surface area contributed by atoms with E-state index in [0.717, 1.165) is 6.07 Å². The zero-order chi connectivity index (χ0) is 24.8. The number of rotatable bonds is 7. The predicted octanol–water partition coefficient (Wildman–Crippen LogP) is 5.32. The van der Waals surface area contributed by atoms with E-state index in [1.807, 2.05) is 0 Å². The van der Waals surface area contributed by atoms with Crippen molar-refractivity contribution in [1.29, 1.82) is 0 Å². The summed E-state index contributed by atoms with van der Waals surface area (Å²) in [5.41, 5.74) is -0.0756. The molecule has 1 unspecified atom stereocenters. The van der Waals surface area contributed by atoms with Crippen molar-refractivity contribution in [2.45, 2.75) is 59.0 Å². The number of halogens is 3. The van der Waals surface area contributed by atoms with Crippen LogP contribution in [-0.4, -0.2) is 35.0 Å². The molecule has 0 fully saturated rings. The highest BCUT2D eigenvalue weighted by molar-refractivity contribution is 5.96. The summed E-state index contributed by atoms with van der Waals surface area (Å²) in [7, 11) is 0. The molecular weight excluding hydrogens is 443 g/mol. The number of amides is 2. The highest BCUT2D eigenvalue weighted by atomic mass is 19.4. The van der Waals surface area contributed by atoms with Crippen molar-refractivity contribution in [3.05, 3.63) is 42.1 Å². The minimum atomic E-state index is -4.82. The van der Waals surface area contributed by atoms with E-state index >= 15 is 0 Å². The van der Waals surface area contributed by atoms with E-state index in [9.17, 15) is 22.8 Å². The van der Waals surface area contributed by atoms with Gasteiger partial charge in [-0.15, -0.1) is 13.2 Å². The Bertz CT molecular complexity index is 973. The van der Waals surface area contributed by atoms with E-state index in [0.29, 0.717) is 12.1 Å². The summed E-state index contributed by atoms with van der Waals surface area (Å²) in [4.78, 5) is 28.4. The van der Waals surface area contributed by atoms with Gasteiger partial charge in [-0.05, 0) is 51.8 Å². The third-order valence-corrected chi connectivity index (χ3v) is 4.03. The number of hydrogen-bond acceptors (Lipinski definition) is 6. The molecule has 180 valence electrons. The van der Waals surface area contributed by atoms with Gasteiger partial charge in [0.25, 0.3) is 0 Å². The second-order valence-corrected chi connectivity index (χ2v) is 8.06. The molecule has 1 atom stereocenters. The zero-order valence-corrected chi connectivity index (χ0v) is 18.9. The van der Waals surface area contributed by atoms with E-state index in [1.165, 1.54) is 37.4 Å². The highest BCUT2D eigenvalue weighted by Crippen LogP contribution is 2.31. The number of nitrogens with one attached hydrogen (secondary N) is 2. The summed E-state index contributed by atoms with van der Waals surface area (Å²) in [6, 6.07) is 6.12. The Morgan fingerprint density at radius 2 is 1.82 bits per heavy atom. The molecule has 2 N–H and O–H groups in total. The molecule has 0 aliphatic carbocycles. The van der Waals surface area contributed by atoms with Crippen molar-refractivity contribution < 1.29 is 37.0 Å². The lowest BCUT2D eigenvalue weighted by Gasteiger charge is -2.22. The Labute approximate surface area is 189 Å². The number of alkyl carbamates (subject to hydrolysis) is 1. The summed E-state index contributed by atoms with van der Waals surface area (Å²) in [5, 5.41) is 5.13. The fourth-order valence-electron chi connectivity index (χ4n) is 2.55. The summed E-state index contributed by atoms with van der Waals surface area (Å²) < 4.78 is 52.1. The molecule has 1 aromatic carbocycles. The van der Waals surface area contributed by atoms with Crippen LogP contribution in [0, 0.1) is 6.92 Å². The number of nitrogens with zero attached hydrogens (tertiary/aromatic N) is 1. The Kier molecular flexibility index (Phi) is 8.13. The molecule has 33 heavy (non-hydrogen) atoms. The van der Waals surface area contributed by atoms with Crippen molar-refractivity contribution in [2.24, 2.45) is 0 Å². The fourth-order valence-corrected chi connectivity index (χ4v) is 2.55. The average molecular weight is 469 g/mol. The molecule has 2 amide bonds. The SMILES string of the molecule is CCC(NC(=O)OC(C)(C)C)C(=O)Nc1ccc(Oc2ccc(C)c(OC(F)(F)F)c2)nc1. The number of alkyl halides is 3. The second-order valence-electron chi connectivity index (χ2n) is 8.06. The quantitative estimate of drug-likeness (QED) is 0.569. The molecule has 0 aliphatic heterocycles. The fraction of sp³-hybridized carbons (Fsp3) is 0.409. The number of hydrogen-bond donors (Lipinski definition) is 2. The summed E-state index contributed by atoms with van der Waals surface area (Å²) in [5.74, 6) is -0.663. The van der Waals surface area contributed by atoms with Gasteiger partial charge in [0, 0.05) is 12.1 Å². The van der Waals surface area contributed by atoms with E-state index in [-0.39, 0.29) is 22.9 Å². The van der Waals surface area contributed by atoms with Gasteiger partial charge in [-0.25, -0.2) is 9.78 Å². The van der Waals surface area contributed by atoms with Crippen LogP contribution in [0.2, 0.25) is 0 Å². The standard InChI is InChI=1S/C22H26F3N3O5/c1-6-16(28-20(30)33-21(3,4)5)19(29)27-14-8-10-18(26-12-14)31-15-9-7-13(2)17(11-15)32-22(23,24)25/h7-12,16H,6H2,1-5H3,(H,27,29)(H,28,30). The molecule has 0 aliphatic rings. The van der Waals surface area contributed by atoms with Crippen LogP contribution in [-0.2, 0) is 9.53 Å².